The van der Waals surface area contributed by atoms with Gasteiger partial charge in [-0.25, -0.2) is 0 Å². The van der Waals surface area contributed by atoms with Gasteiger partial charge in [0.25, 0.3) is 0 Å². The predicted molar refractivity (Wildman–Crippen MR) is 77.4 cm³/mol. The van der Waals surface area contributed by atoms with E-state index in [4.69, 9.17) is 14.9 Å². The van der Waals surface area contributed by atoms with E-state index in [1.165, 1.54) is 0 Å². The number of nitrogens with one attached hydrogen (secondary N) is 1. The van der Waals surface area contributed by atoms with Crippen LogP contribution in [0.4, 0.5) is 0 Å². The summed E-state index contributed by atoms with van der Waals surface area (Å²) in [5, 5.41) is 3.92. The van der Waals surface area contributed by atoms with Gasteiger partial charge in [0.2, 0.25) is 5.91 Å². The topological polar surface area (TPSA) is 77.5 Å². The van der Waals surface area contributed by atoms with E-state index in [9.17, 15) is 4.79 Å². The van der Waals surface area contributed by atoms with Crippen molar-refractivity contribution in [2.75, 3.05) is 20.2 Å². The van der Waals surface area contributed by atoms with Gasteiger partial charge in [-0.1, -0.05) is 18.2 Å². The van der Waals surface area contributed by atoms with Gasteiger partial charge < -0.3 is 20.2 Å². The molecule has 1 unspecified atom stereocenters. The molecule has 0 spiro atoms. The van der Waals surface area contributed by atoms with Crippen molar-refractivity contribution in [3.05, 3.63) is 36.1 Å². The third kappa shape index (κ3) is 3.82. The fourth-order valence-corrected chi connectivity index (χ4v) is 2.03. The largest absolute Gasteiger partial charge is 0.461 e. The SMILES string of the molecule is COC(CN)CC(=O)NCCc1cc2ccccc2o1. The van der Waals surface area contributed by atoms with Crippen LogP contribution in [-0.2, 0) is 16.0 Å². The Morgan fingerprint density at radius 3 is 2.95 bits per heavy atom. The molecule has 2 aromatic rings. The van der Waals surface area contributed by atoms with Crippen LogP contribution >= 0.6 is 0 Å². The first-order chi connectivity index (χ1) is 9.72. The number of methoxy groups -OCH3 is 1. The Labute approximate surface area is 118 Å². The zero-order valence-corrected chi connectivity index (χ0v) is 11.6. The van der Waals surface area contributed by atoms with Gasteiger partial charge in [0, 0.05) is 32.0 Å². The van der Waals surface area contributed by atoms with Gasteiger partial charge in [-0.3, -0.25) is 4.79 Å². The molecular weight excluding hydrogens is 256 g/mol. The lowest BCUT2D eigenvalue weighted by atomic mass is 10.2. The van der Waals surface area contributed by atoms with Gasteiger partial charge in [-0.05, 0) is 12.1 Å². The lowest BCUT2D eigenvalue weighted by Gasteiger charge is -2.12. The summed E-state index contributed by atoms with van der Waals surface area (Å²) in [6, 6.07) is 9.85. The zero-order chi connectivity index (χ0) is 14.4. The second-order valence-corrected chi connectivity index (χ2v) is 4.65. The maximum Gasteiger partial charge on any atom is 0.222 e. The molecule has 0 saturated carbocycles. The Morgan fingerprint density at radius 1 is 1.45 bits per heavy atom. The smallest absolute Gasteiger partial charge is 0.222 e. The highest BCUT2D eigenvalue weighted by atomic mass is 16.5. The van der Waals surface area contributed by atoms with Crippen LogP contribution in [0.15, 0.2) is 34.7 Å². The van der Waals surface area contributed by atoms with Crippen LogP contribution in [0, 0.1) is 0 Å². The van der Waals surface area contributed by atoms with Crippen molar-refractivity contribution in [1.29, 1.82) is 0 Å². The van der Waals surface area contributed by atoms with Gasteiger partial charge in [0.15, 0.2) is 0 Å². The molecule has 1 aromatic carbocycles. The highest BCUT2D eigenvalue weighted by molar-refractivity contribution is 5.78. The lowest BCUT2D eigenvalue weighted by Crippen LogP contribution is -2.33. The van der Waals surface area contributed by atoms with Crippen LogP contribution in [0.5, 0.6) is 0 Å². The molecule has 0 aliphatic carbocycles. The summed E-state index contributed by atoms with van der Waals surface area (Å²) in [5.74, 6) is 0.812. The molecule has 0 bridgehead atoms. The Kier molecular flexibility index (Phi) is 5.15. The van der Waals surface area contributed by atoms with Crippen molar-refractivity contribution >= 4 is 16.9 Å². The first-order valence-corrected chi connectivity index (χ1v) is 6.70. The minimum Gasteiger partial charge on any atom is -0.461 e. The van der Waals surface area contributed by atoms with Crippen molar-refractivity contribution < 1.29 is 13.9 Å². The number of amides is 1. The molecule has 1 heterocycles. The first kappa shape index (κ1) is 14.6. The molecule has 108 valence electrons. The van der Waals surface area contributed by atoms with Gasteiger partial charge in [0.05, 0.1) is 12.5 Å². The third-order valence-electron chi connectivity index (χ3n) is 3.18. The van der Waals surface area contributed by atoms with Gasteiger partial charge in [0.1, 0.15) is 11.3 Å². The number of rotatable bonds is 7. The van der Waals surface area contributed by atoms with E-state index in [0.717, 1.165) is 16.7 Å². The normalized spacial score (nSPS) is 12.5. The Morgan fingerprint density at radius 2 is 2.25 bits per heavy atom. The molecule has 0 radical (unpaired) electrons. The highest BCUT2D eigenvalue weighted by Crippen LogP contribution is 2.18. The minimum atomic E-state index is -0.221. The summed E-state index contributed by atoms with van der Waals surface area (Å²) >= 11 is 0. The molecule has 3 N–H and O–H groups in total. The number of furan rings is 1. The number of hydrogen-bond acceptors (Lipinski definition) is 4. The molecule has 0 fully saturated rings. The number of carbonyl (C=O) groups excluding carboxylic acids is 1. The van der Waals surface area contributed by atoms with Crippen LogP contribution in [0.2, 0.25) is 0 Å². The van der Waals surface area contributed by atoms with Crippen LogP contribution < -0.4 is 11.1 Å². The minimum absolute atomic E-state index is 0.0570. The number of benzene rings is 1. The first-order valence-electron chi connectivity index (χ1n) is 6.70. The van der Waals surface area contributed by atoms with Crippen molar-refractivity contribution in [2.24, 2.45) is 5.73 Å². The van der Waals surface area contributed by atoms with Crippen molar-refractivity contribution in [3.8, 4) is 0 Å². The lowest BCUT2D eigenvalue weighted by molar-refractivity contribution is -0.123. The number of ether oxygens (including phenoxy) is 1. The summed E-state index contributed by atoms with van der Waals surface area (Å²) in [4.78, 5) is 11.7. The van der Waals surface area contributed by atoms with Crippen molar-refractivity contribution in [2.45, 2.75) is 18.9 Å². The maximum atomic E-state index is 11.7. The quantitative estimate of drug-likeness (QED) is 0.802. The Hall–Kier alpha value is -1.85. The maximum absolute atomic E-state index is 11.7. The summed E-state index contributed by atoms with van der Waals surface area (Å²) in [6.07, 6.45) is 0.731. The standard InChI is InChI=1S/C15H20N2O3/c1-19-13(10-16)9-15(18)17-7-6-12-8-11-4-2-3-5-14(11)20-12/h2-5,8,13H,6-7,9-10,16H2,1H3,(H,17,18). The van der Waals surface area contributed by atoms with E-state index in [1.54, 1.807) is 7.11 Å². The molecule has 0 saturated heterocycles. The molecule has 20 heavy (non-hydrogen) atoms. The fraction of sp³-hybridized carbons (Fsp3) is 0.400. The summed E-state index contributed by atoms with van der Waals surface area (Å²) < 4.78 is 10.7. The zero-order valence-electron chi connectivity index (χ0n) is 11.6. The number of para-hydroxylation sites is 1. The monoisotopic (exact) mass is 276 g/mol. The molecule has 1 aromatic heterocycles. The molecule has 2 rings (SSSR count). The average Bonchev–Trinajstić information content (AvgIpc) is 2.87. The van der Waals surface area contributed by atoms with Crippen LogP contribution in [0.3, 0.4) is 0 Å². The fourth-order valence-electron chi connectivity index (χ4n) is 2.03. The number of carbonyl (C=O) groups is 1. The summed E-state index contributed by atoms with van der Waals surface area (Å²) in [5.41, 5.74) is 6.35. The van der Waals surface area contributed by atoms with Gasteiger partial charge in [-0.15, -0.1) is 0 Å². The molecule has 0 aliphatic heterocycles. The molecule has 5 nitrogen and oxygen atoms in total. The van der Waals surface area contributed by atoms with E-state index in [2.05, 4.69) is 5.32 Å². The second kappa shape index (κ2) is 7.07. The van der Waals surface area contributed by atoms with E-state index in [0.29, 0.717) is 19.5 Å². The molecule has 1 amide bonds. The van der Waals surface area contributed by atoms with E-state index in [-0.39, 0.29) is 18.4 Å². The average molecular weight is 276 g/mol. The van der Waals surface area contributed by atoms with E-state index in [1.807, 2.05) is 30.3 Å². The van der Waals surface area contributed by atoms with E-state index >= 15 is 0 Å². The van der Waals surface area contributed by atoms with Gasteiger partial charge in [-0.2, -0.15) is 0 Å². The van der Waals surface area contributed by atoms with Crippen molar-refractivity contribution in [1.82, 2.24) is 5.32 Å². The summed E-state index contributed by atoms with van der Waals surface area (Å²) in [6.45, 7) is 0.882. The highest BCUT2D eigenvalue weighted by Gasteiger charge is 2.11. The number of hydrogen-bond donors (Lipinski definition) is 2. The molecule has 1 atom stereocenters. The van der Waals surface area contributed by atoms with Crippen LogP contribution in [0.1, 0.15) is 12.2 Å². The van der Waals surface area contributed by atoms with E-state index < -0.39 is 0 Å². The Bertz CT molecular complexity index is 528. The predicted octanol–water partition coefficient (Wildman–Crippen LogP) is 1.46. The second-order valence-electron chi connectivity index (χ2n) is 4.65. The molecule has 0 aliphatic rings. The van der Waals surface area contributed by atoms with Gasteiger partial charge >= 0.3 is 0 Å². The molecular formula is C15H20N2O3. The number of nitrogens with two attached hydrogens (primary N) is 1. The van der Waals surface area contributed by atoms with Crippen molar-refractivity contribution in [3.63, 3.8) is 0 Å². The third-order valence-corrected chi connectivity index (χ3v) is 3.18. The summed E-state index contributed by atoms with van der Waals surface area (Å²) in [7, 11) is 1.55. The Balaban J connectivity index is 1.79. The number of fused-ring (bicyclic) bond motifs is 1. The molecule has 5 heteroatoms. The van der Waals surface area contributed by atoms with Crippen LogP contribution in [-0.4, -0.2) is 32.2 Å². The van der Waals surface area contributed by atoms with Crippen LogP contribution in [0.25, 0.3) is 11.0 Å².